The Balaban J connectivity index is 2.47. The first kappa shape index (κ1) is 12.1. The second-order valence-electron chi connectivity index (χ2n) is 3.32. The average Bonchev–Trinajstić information content (AvgIpc) is 2.79. The molecule has 0 saturated carbocycles. The maximum Gasteiger partial charge on any atom is 0.632 e. The van der Waals surface area contributed by atoms with E-state index in [-0.39, 0.29) is 12.7 Å². The van der Waals surface area contributed by atoms with Gasteiger partial charge >= 0.3 is 8.80 Å². The van der Waals surface area contributed by atoms with Gasteiger partial charge in [0.25, 0.3) is 11.9 Å². The normalized spacial score (nSPS) is 19.5. The Morgan fingerprint density at radius 3 is 2.13 bits per heavy atom. The summed E-state index contributed by atoms with van der Waals surface area (Å²) in [4.78, 5) is 21.6. The fourth-order valence-electron chi connectivity index (χ4n) is 1.01. The summed E-state index contributed by atoms with van der Waals surface area (Å²) >= 11 is 0. The van der Waals surface area contributed by atoms with E-state index in [9.17, 15) is 9.59 Å². The molecule has 1 saturated heterocycles. The third kappa shape index (κ3) is 4.91. The summed E-state index contributed by atoms with van der Waals surface area (Å²) in [6.07, 6.45) is 0.0305. The zero-order valence-corrected chi connectivity index (χ0v) is 9.94. The molecule has 1 unspecified atom stereocenters. The molecule has 0 aromatic heterocycles. The highest BCUT2D eigenvalue weighted by molar-refractivity contribution is 6.62. The molecule has 0 radical (unpaired) electrons. The van der Waals surface area contributed by atoms with Crippen LogP contribution in [0, 0.1) is 0 Å². The first-order valence-electron chi connectivity index (χ1n) is 4.56. The molecule has 0 aromatic carbocycles. The maximum absolute atomic E-state index is 10.8. The molecule has 86 valence electrons. The lowest BCUT2D eigenvalue weighted by Crippen LogP contribution is -2.46. The predicted octanol–water partition coefficient (Wildman–Crippen LogP) is 0.0967. The molecule has 15 heavy (non-hydrogen) atoms. The van der Waals surface area contributed by atoms with Crippen LogP contribution in [0.2, 0.25) is 6.55 Å². The fraction of sp³-hybridized carbons (Fsp3) is 0.750. The molecule has 1 heterocycles. The Hall–Kier alpha value is -0.923. The molecule has 1 rings (SSSR count). The van der Waals surface area contributed by atoms with Crippen molar-refractivity contribution in [2.45, 2.75) is 26.5 Å². The van der Waals surface area contributed by atoms with Crippen molar-refractivity contribution in [2.75, 3.05) is 13.2 Å². The number of hydrogen-bond acceptors (Lipinski definition) is 6. The molecule has 0 amide bonds. The molecule has 6 nitrogen and oxygen atoms in total. The van der Waals surface area contributed by atoms with E-state index in [2.05, 4.69) is 0 Å². The summed E-state index contributed by atoms with van der Waals surface area (Å²) in [5.41, 5.74) is 0. The summed E-state index contributed by atoms with van der Waals surface area (Å²) in [7, 11) is -3.18. The van der Waals surface area contributed by atoms with Crippen LogP contribution in [0.5, 0.6) is 0 Å². The van der Waals surface area contributed by atoms with E-state index >= 15 is 0 Å². The summed E-state index contributed by atoms with van der Waals surface area (Å²) in [5, 5.41) is 0. The van der Waals surface area contributed by atoms with Crippen molar-refractivity contribution in [3.05, 3.63) is 0 Å². The van der Waals surface area contributed by atoms with Crippen molar-refractivity contribution in [3.8, 4) is 0 Å². The van der Waals surface area contributed by atoms with Crippen LogP contribution < -0.4 is 0 Å². The van der Waals surface area contributed by atoms with Crippen LogP contribution in [0.15, 0.2) is 0 Å². The van der Waals surface area contributed by atoms with Gasteiger partial charge < -0.3 is 18.0 Å². The third-order valence-electron chi connectivity index (χ3n) is 1.59. The minimum Gasteiger partial charge on any atom is -0.465 e. The van der Waals surface area contributed by atoms with E-state index < -0.39 is 20.7 Å². The second-order valence-corrected chi connectivity index (χ2v) is 5.74. The average molecular weight is 234 g/mol. The second kappa shape index (κ2) is 4.73. The minimum atomic E-state index is -3.18. The van der Waals surface area contributed by atoms with Gasteiger partial charge in [0.2, 0.25) is 0 Å². The topological polar surface area (TPSA) is 74.4 Å². The van der Waals surface area contributed by atoms with Gasteiger partial charge in [0.1, 0.15) is 6.10 Å². The van der Waals surface area contributed by atoms with Crippen LogP contribution in [-0.4, -0.2) is 40.1 Å². The van der Waals surface area contributed by atoms with Crippen LogP contribution in [0.4, 0.5) is 0 Å². The van der Waals surface area contributed by atoms with Crippen LogP contribution in [0.3, 0.4) is 0 Å². The van der Waals surface area contributed by atoms with Gasteiger partial charge in [0, 0.05) is 20.4 Å². The van der Waals surface area contributed by atoms with Crippen LogP contribution in [-0.2, 0) is 27.6 Å². The number of ether oxygens (including phenoxy) is 1. The predicted molar refractivity (Wildman–Crippen MR) is 50.8 cm³/mol. The monoisotopic (exact) mass is 234 g/mol. The maximum atomic E-state index is 10.8. The highest BCUT2D eigenvalue weighted by Crippen LogP contribution is 2.15. The van der Waals surface area contributed by atoms with Crippen molar-refractivity contribution in [3.63, 3.8) is 0 Å². The lowest BCUT2D eigenvalue weighted by atomic mass is 10.5. The minimum absolute atomic E-state index is 0.0305. The standard InChI is InChI=1S/C8H14O6Si/c1-6(9)13-15(3,14-7(2)10)12-5-8-4-11-8/h8H,4-5H2,1-3H3. The molecular formula is C8H14O6Si. The zero-order chi connectivity index (χ0) is 11.5. The van der Waals surface area contributed by atoms with Crippen LogP contribution >= 0.6 is 0 Å². The summed E-state index contributed by atoms with van der Waals surface area (Å²) < 4.78 is 20.0. The molecule has 7 heteroatoms. The lowest BCUT2D eigenvalue weighted by molar-refractivity contribution is -0.142. The first-order chi connectivity index (χ1) is 6.91. The van der Waals surface area contributed by atoms with Gasteiger partial charge in [0.05, 0.1) is 13.2 Å². The highest BCUT2D eigenvalue weighted by Gasteiger charge is 2.43. The van der Waals surface area contributed by atoms with E-state index in [1.54, 1.807) is 0 Å². The van der Waals surface area contributed by atoms with Gasteiger partial charge in [-0.25, -0.2) is 0 Å². The van der Waals surface area contributed by atoms with Crippen molar-refractivity contribution in [1.82, 2.24) is 0 Å². The molecule has 1 aliphatic rings. The Kier molecular flexibility index (Phi) is 3.83. The van der Waals surface area contributed by atoms with Gasteiger partial charge in [0.15, 0.2) is 0 Å². The van der Waals surface area contributed by atoms with Crippen LogP contribution in [0.25, 0.3) is 0 Å². The van der Waals surface area contributed by atoms with Gasteiger partial charge in [-0.3, -0.25) is 9.59 Å². The Morgan fingerprint density at radius 1 is 1.33 bits per heavy atom. The number of carbonyl (C=O) groups is 2. The molecule has 0 bridgehead atoms. The molecule has 0 N–H and O–H groups in total. The third-order valence-corrected chi connectivity index (χ3v) is 3.60. The van der Waals surface area contributed by atoms with Gasteiger partial charge in [-0.2, -0.15) is 0 Å². The molecule has 1 atom stereocenters. The van der Waals surface area contributed by atoms with E-state index in [0.717, 1.165) is 0 Å². The van der Waals surface area contributed by atoms with Gasteiger partial charge in [-0.05, 0) is 0 Å². The Labute approximate surface area is 88.8 Å². The fourth-order valence-corrected chi connectivity index (χ4v) is 2.70. The number of hydrogen-bond donors (Lipinski definition) is 0. The van der Waals surface area contributed by atoms with Crippen molar-refractivity contribution in [1.29, 1.82) is 0 Å². The van der Waals surface area contributed by atoms with E-state index in [0.29, 0.717) is 6.61 Å². The lowest BCUT2D eigenvalue weighted by Gasteiger charge is -2.23. The van der Waals surface area contributed by atoms with Gasteiger partial charge in [-0.1, -0.05) is 0 Å². The van der Waals surface area contributed by atoms with E-state index in [1.807, 2.05) is 0 Å². The van der Waals surface area contributed by atoms with Gasteiger partial charge in [-0.15, -0.1) is 0 Å². The Bertz CT molecular complexity index is 246. The highest BCUT2D eigenvalue weighted by atomic mass is 28.4. The molecule has 1 aliphatic heterocycles. The quantitative estimate of drug-likeness (QED) is 0.496. The largest absolute Gasteiger partial charge is 0.632 e. The SMILES string of the molecule is CC(=O)O[Si](C)(OCC1CO1)OC(C)=O. The Morgan fingerprint density at radius 2 is 1.80 bits per heavy atom. The summed E-state index contributed by atoms with van der Waals surface area (Å²) in [6, 6.07) is 0. The smallest absolute Gasteiger partial charge is 0.465 e. The summed E-state index contributed by atoms with van der Waals surface area (Å²) in [6.45, 7) is 4.89. The van der Waals surface area contributed by atoms with E-state index in [4.69, 9.17) is 18.0 Å². The number of carbonyl (C=O) groups excluding carboxylic acids is 2. The first-order valence-corrected chi connectivity index (χ1v) is 6.78. The number of rotatable bonds is 5. The van der Waals surface area contributed by atoms with Crippen LogP contribution in [0.1, 0.15) is 13.8 Å². The molecular weight excluding hydrogens is 220 g/mol. The van der Waals surface area contributed by atoms with E-state index in [1.165, 1.54) is 20.4 Å². The summed E-state index contributed by atoms with van der Waals surface area (Å²) in [5.74, 6) is -1.05. The molecule has 0 aromatic rings. The van der Waals surface area contributed by atoms with Crippen molar-refractivity contribution >= 4 is 20.7 Å². The van der Waals surface area contributed by atoms with Crippen molar-refractivity contribution in [2.24, 2.45) is 0 Å². The molecule has 0 spiro atoms. The number of epoxide rings is 1. The zero-order valence-electron chi connectivity index (χ0n) is 8.94. The van der Waals surface area contributed by atoms with Crippen molar-refractivity contribution < 1.29 is 27.6 Å². The molecule has 0 aliphatic carbocycles. The molecule has 1 fully saturated rings.